The van der Waals surface area contributed by atoms with Gasteiger partial charge >= 0.3 is 5.97 Å². The third kappa shape index (κ3) is 5.70. The minimum Gasteiger partial charge on any atom is -0.469 e. The van der Waals surface area contributed by atoms with Gasteiger partial charge in [0.15, 0.2) is 0 Å². The van der Waals surface area contributed by atoms with E-state index in [1.165, 1.54) is 19.1 Å². The number of benzene rings is 1. The van der Waals surface area contributed by atoms with Crippen LogP contribution >= 0.6 is 0 Å². The first-order valence-corrected chi connectivity index (χ1v) is 8.60. The molecular weight excluding hydrogens is 290 g/mol. The second-order valence-electron chi connectivity index (χ2n) is 6.22. The minimum atomic E-state index is -0.258. The van der Waals surface area contributed by atoms with Crippen LogP contribution in [0, 0.1) is 5.92 Å². The summed E-state index contributed by atoms with van der Waals surface area (Å²) in [7, 11) is 1.39. The van der Waals surface area contributed by atoms with Gasteiger partial charge < -0.3 is 9.64 Å². The fourth-order valence-corrected chi connectivity index (χ4v) is 3.18. The first-order chi connectivity index (χ1) is 11.2. The SMILES string of the molecule is COC(=O)CCN(CCc1ccccc1)C(=O)C1CCCCC1. The van der Waals surface area contributed by atoms with E-state index < -0.39 is 0 Å². The largest absolute Gasteiger partial charge is 0.469 e. The normalized spacial score (nSPS) is 15.2. The molecule has 126 valence electrons. The molecule has 0 radical (unpaired) electrons. The smallest absolute Gasteiger partial charge is 0.307 e. The molecule has 2 rings (SSSR count). The van der Waals surface area contributed by atoms with Gasteiger partial charge in [-0.15, -0.1) is 0 Å². The number of amides is 1. The molecule has 0 heterocycles. The molecule has 1 fully saturated rings. The number of carbonyl (C=O) groups excluding carboxylic acids is 2. The predicted octanol–water partition coefficient (Wildman–Crippen LogP) is 3.20. The standard InChI is InChI=1S/C19H27NO3/c1-23-18(21)13-15-20(14-12-16-8-4-2-5-9-16)19(22)17-10-6-3-7-11-17/h2,4-5,8-9,17H,3,6-7,10-15H2,1H3. The number of carbonyl (C=O) groups is 2. The van der Waals surface area contributed by atoms with Crippen molar-refractivity contribution in [2.75, 3.05) is 20.2 Å². The van der Waals surface area contributed by atoms with E-state index in [4.69, 9.17) is 4.74 Å². The average Bonchev–Trinajstić information content (AvgIpc) is 2.62. The first-order valence-electron chi connectivity index (χ1n) is 8.60. The van der Waals surface area contributed by atoms with E-state index in [1.54, 1.807) is 0 Å². The number of ether oxygens (including phenoxy) is 1. The van der Waals surface area contributed by atoms with Crippen molar-refractivity contribution in [2.24, 2.45) is 5.92 Å². The summed E-state index contributed by atoms with van der Waals surface area (Å²) in [5.41, 5.74) is 1.21. The van der Waals surface area contributed by atoms with Gasteiger partial charge in [-0.25, -0.2) is 0 Å². The van der Waals surface area contributed by atoms with Crippen molar-refractivity contribution in [3.05, 3.63) is 35.9 Å². The molecule has 4 heteroatoms. The highest BCUT2D eigenvalue weighted by atomic mass is 16.5. The van der Waals surface area contributed by atoms with E-state index in [0.717, 1.165) is 32.1 Å². The number of hydrogen-bond donors (Lipinski definition) is 0. The third-order valence-corrected chi connectivity index (χ3v) is 4.59. The summed E-state index contributed by atoms with van der Waals surface area (Å²) >= 11 is 0. The van der Waals surface area contributed by atoms with E-state index in [-0.39, 0.29) is 24.2 Å². The topological polar surface area (TPSA) is 46.6 Å². The van der Waals surface area contributed by atoms with Crippen molar-refractivity contribution >= 4 is 11.9 Å². The van der Waals surface area contributed by atoms with E-state index >= 15 is 0 Å². The van der Waals surface area contributed by atoms with Crippen molar-refractivity contribution < 1.29 is 14.3 Å². The number of esters is 1. The van der Waals surface area contributed by atoms with Crippen LogP contribution in [-0.4, -0.2) is 37.0 Å². The van der Waals surface area contributed by atoms with Crippen molar-refractivity contribution in [3.8, 4) is 0 Å². The Balaban J connectivity index is 1.95. The Labute approximate surface area is 138 Å². The molecule has 1 aromatic rings. The van der Waals surface area contributed by atoms with E-state index in [0.29, 0.717) is 13.1 Å². The maximum atomic E-state index is 12.8. The molecule has 1 aromatic carbocycles. The van der Waals surface area contributed by atoms with Gasteiger partial charge in [-0.05, 0) is 24.8 Å². The summed E-state index contributed by atoms with van der Waals surface area (Å²) in [5, 5.41) is 0. The van der Waals surface area contributed by atoms with Gasteiger partial charge in [0, 0.05) is 19.0 Å². The molecule has 23 heavy (non-hydrogen) atoms. The molecule has 0 atom stereocenters. The van der Waals surface area contributed by atoms with Gasteiger partial charge in [-0.3, -0.25) is 9.59 Å². The Morgan fingerprint density at radius 2 is 1.78 bits per heavy atom. The molecule has 1 aliphatic rings. The van der Waals surface area contributed by atoms with Gasteiger partial charge in [0.25, 0.3) is 0 Å². The number of hydrogen-bond acceptors (Lipinski definition) is 3. The highest BCUT2D eigenvalue weighted by Crippen LogP contribution is 2.25. The molecule has 1 amide bonds. The van der Waals surface area contributed by atoms with Crippen LogP contribution in [0.25, 0.3) is 0 Å². The van der Waals surface area contributed by atoms with Gasteiger partial charge in [0.1, 0.15) is 0 Å². The van der Waals surface area contributed by atoms with E-state index in [2.05, 4.69) is 12.1 Å². The summed E-state index contributed by atoms with van der Waals surface area (Å²) < 4.78 is 4.71. The lowest BCUT2D eigenvalue weighted by Gasteiger charge is -2.29. The van der Waals surface area contributed by atoms with E-state index in [9.17, 15) is 9.59 Å². The third-order valence-electron chi connectivity index (χ3n) is 4.59. The zero-order chi connectivity index (χ0) is 16.5. The Morgan fingerprint density at radius 1 is 1.09 bits per heavy atom. The van der Waals surface area contributed by atoms with Crippen LogP contribution in [0.15, 0.2) is 30.3 Å². The molecule has 0 unspecified atom stereocenters. The second-order valence-corrected chi connectivity index (χ2v) is 6.22. The van der Waals surface area contributed by atoms with Gasteiger partial charge in [-0.2, -0.15) is 0 Å². The number of methoxy groups -OCH3 is 1. The molecule has 0 saturated heterocycles. The quantitative estimate of drug-likeness (QED) is 0.726. The average molecular weight is 317 g/mol. The lowest BCUT2D eigenvalue weighted by atomic mass is 9.88. The van der Waals surface area contributed by atoms with Crippen molar-refractivity contribution in [3.63, 3.8) is 0 Å². The van der Waals surface area contributed by atoms with Crippen LogP contribution in [0.4, 0.5) is 0 Å². The monoisotopic (exact) mass is 317 g/mol. The summed E-state index contributed by atoms with van der Waals surface area (Å²) in [6.07, 6.45) is 6.57. The van der Waals surface area contributed by atoms with Crippen molar-refractivity contribution in [2.45, 2.75) is 44.9 Å². The molecule has 0 N–H and O–H groups in total. The lowest BCUT2D eigenvalue weighted by molar-refractivity contribution is -0.142. The molecule has 0 aromatic heterocycles. The maximum absolute atomic E-state index is 12.8. The Morgan fingerprint density at radius 3 is 2.43 bits per heavy atom. The van der Waals surface area contributed by atoms with Gasteiger partial charge in [0.2, 0.25) is 5.91 Å². The van der Waals surface area contributed by atoms with Gasteiger partial charge in [-0.1, -0.05) is 49.6 Å². The molecule has 1 saturated carbocycles. The molecule has 0 spiro atoms. The van der Waals surface area contributed by atoms with E-state index in [1.807, 2.05) is 23.1 Å². The fourth-order valence-electron chi connectivity index (χ4n) is 3.18. The maximum Gasteiger partial charge on any atom is 0.307 e. The first kappa shape index (κ1) is 17.5. The van der Waals surface area contributed by atoms with Crippen LogP contribution in [0.2, 0.25) is 0 Å². The second kappa shape index (κ2) is 9.33. The van der Waals surface area contributed by atoms with Crippen molar-refractivity contribution in [1.29, 1.82) is 0 Å². The van der Waals surface area contributed by atoms with Gasteiger partial charge in [0.05, 0.1) is 13.5 Å². The van der Waals surface area contributed by atoms with Crippen LogP contribution < -0.4 is 0 Å². The number of rotatable bonds is 7. The molecule has 0 bridgehead atoms. The van der Waals surface area contributed by atoms with Crippen molar-refractivity contribution in [1.82, 2.24) is 4.90 Å². The summed E-state index contributed by atoms with van der Waals surface area (Å²) in [4.78, 5) is 26.1. The zero-order valence-electron chi connectivity index (χ0n) is 14.0. The Bertz CT molecular complexity index is 495. The highest BCUT2D eigenvalue weighted by Gasteiger charge is 2.26. The fraction of sp³-hybridized carbons (Fsp3) is 0.579. The van der Waals surface area contributed by atoms with Crippen LogP contribution in [-0.2, 0) is 20.7 Å². The molecular formula is C19H27NO3. The highest BCUT2D eigenvalue weighted by molar-refractivity contribution is 5.79. The molecule has 1 aliphatic carbocycles. The van der Waals surface area contributed by atoms with Crippen LogP contribution in [0.5, 0.6) is 0 Å². The molecule has 0 aliphatic heterocycles. The minimum absolute atomic E-state index is 0.136. The Kier molecular flexibility index (Phi) is 7.11. The number of nitrogens with zero attached hydrogens (tertiary/aromatic N) is 1. The van der Waals surface area contributed by atoms with Crippen LogP contribution in [0.1, 0.15) is 44.1 Å². The lowest BCUT2D eigenvalue weighted by Crippen LogP contribution is -2.39. The molecule has 4 nitrogen and oxygen atoms in total. The Hall–Kier alpha value is -1.84. The predicted molar refractivity (Wildman–Crippen MR) is 89.9 cm³/mol. The summed E-state index contributed by atoms with van der Waals surface area (Å²) in [6, 6.07) is 10.2. The summed E-state index contributed by atoms with van der Waals surface area (Å²) in [6.45, 7) is 1.12. The van der Waals surface area contributed by atoms with Crippen LogP contribution in [0.3, 0.4) is 0 Å². The zero-order valence-corrected chi connectivity index (χ0v) is 14.0. The summed E-state index contributed by atoms with van der Waals surface area (Å²) in [5.74, 6) is 0.0906.